The summed E-state index contributed by atoms with van der Waals surface area (Å²) in [6.07, 6.45) is 6.31. The van der Waals surface area contributed by atoms with Crippen molar-refractivity contribution < 1.29 is 4.79 Å². The van der Waals surface area contributed by atoms with Crippen LogP contribution in [0.4, 0.5) is 0 Å². The van der Waals surface area contributed by atoms with Gasteiger partial charge in [0.25, 0.3) is 0 Å². The van der Waals surface area contributed by atoms with Gasteiger partial charge in [-0.25, -0.2) is 4.98 Å². The van der Waals surface area contributed by atoms with Crippen LogP contribution >= 0.6 is 11.6 Å². The van der Waals surface area contributed by atoms with Crippen molar-refractivity contribution in [3.63, 3.8) is 0 Å². The molecule has 5 heteroatoms. The summed E-state index contributed by atoms with van der Waals surface area (Å²) in [5, 5.41) is 0.381. The minimum absolute atomic E-state index is 0.0393. The predicted molar refractivity (Wildman–Crippen MR) is 61.0 cm³/mol. The van der Waals surface area contributed by atoms with Gasteiger partial charge in [0.15, 0.2) is 0 Å². The number of likely N-dealkylation sites (tertiary alicyclic amines) is 1. The molecule has 1 aliphatic heterocycles. The molecule has 86 valence electrons. The highest BCUT2D eigenvalue weighted by Crippen LogP contribution is 2.29. The smallest absolute Gasteiger partial charge is 0.220 e. The number of hydrogen-bond acceptors (Lipinski definition) is 3. The third-order valence-electron chi connectivity index (χ3n) is 2.87. The highest BCUT2D eigenvalue weighted by Gasteiger charge is 2.27. The maximum atomic E-state index is 11.5. The molecule has 0 bridgehead atoms. The molecule has 0 radical (unpaired) electrons. The van der Waals surface area contributed by atoms with Crippen LogP contribution in [0.5, 0.6) is 0 Å². The van der Waals surface area contributed by atoms with Crippen molar-refractivity contribution in [1.29, 1.82) is 0 Å². The van der Waals surface area contributed by atoms with Crippen molar-refractivity contribution in [3.05, 3.63) is 23.2 Å². The molecule has 0 spiro atoms. The number of amides is 1. The van der Waals surface area contributed by atoms with E-state index >= 15 is 0 Å². The lowest BCUT2D eigenvalue weighted by atomic mass is 9.99. The van der Waals surface area contributed by atoms with Crippen molar-refractivity contribution in [1.82, 2.24) is 14.9 Å². The molecule has 1 aromatic rings. The standard InChI is InChI=1S/C11H14ClN3O/c1-8(16)15-5-3-2-4-10(15)9-6-13-7-11(12)14-9/h6-7,10H,2-5H2,1H3/t10-/m0/s1. The number of nitrogens with zero attached hydrogens (tertiary/aromatic N) is 3. The quantitative estimate of drug-likeness (QED) is 0.755. The summed E-state index contributed by atoms with van der Waals surface area (Å²) in [6, 6.07) is 0.0393. The number of hydrogen-bond donors (Lipinski definition) is 0. The summed E-state index contributed by atoms with van der Waals surface area (Å²) in [5.74, 6) is 0.0893. The Kier molecular flexibility index (Phi) is 3.39. The molecular weight excluding hydrogens is 226 g/mol. The Morgan fingerprint density at radius 2 is 2.31 bits per heavy atom. The van der Waals surface area contributed by atoms with Crippen molar-refractivity contribution in [3.8, 4) is 0 Å². The van der Waals surface area contributed by atoms with E-state index in [4.69, 9.17) is 11.6 Å². The van der Waals surface area contributed by atoms with E-state index in [1.807, 2.05) is 4.90 Å². The molecule has 0 aliphatic carbocycles. The third-order valence-corrected chi connectivity index (χ3v) is 3.05. The molecule has 0 saturated carbocycles. The van der Waals surface area contributed by atoms with Gasteiger partial charge in [-0.1, -0.05) is 11.6 Å². The van der Waals surface area contributed by atoms with Gasteiger partial charge in [0.05, 0.1) is 24.1 Å². The van der Waals surface area contributed by atoms with Crippen LogP contribution in [0.25, 0.3) is 0 Å². The maximum Gasteiger partial charge on any atom is 0.220 e. The molecule has 1 aliphatic rings. The fourth-order valence-electron chi connectivity index (χ4n) is 2.13. The van der Waals surface area contributed by atoms with Crippen molar-refractivity contribution in [2.75, 3.05) is 6.54 Å². The molecule has 0 aromatic carbocycles. The third kappa shape index (κ3) is 2.32. The first-order valence-corrected chi connectivity index (χ1v) is 5.81. The van der Waals surface area contributed by atoms with Crippen molar-refractivity contribution in [2.24, 2.45) is 0 Å². The molecule has 1 atom stereocenters. The van der Waals surface area contributed by atoms with E-state index < -0.39 is 0 Å². The average Bonchev–Trinajstić information content (AvgIpc) is 2.29. The van der Waals surface area contributed by atoms with E-state index in [9.17, 15) is 4.79 Å². The van der Waals surface area contributed by atoms with Gasteiger partial charge in [0.2, 0.25) is 5.91 Å². The zero-order valence-corrected chi connectivity index (χ0v) is 9.94. The van der Waals surface area contributed by atoms with Gasteiger partial charge >= 0.3 is 0 Å². The number of rotatable bonds is 1. The van der Waals surface area contributed by atoms with Crippen molar-refractivity contribution >= 4 is 17.5 Å². The molecule has 2 rings (SSSR count). The van der Waals surface area contributed by atoms with Crippen LogP contribution in [0.2, 0.25) is 5.15 Å². The molecule has 16 heavy (non-hydrogen) atoms. The zero-order chi connectivity index (χ0) is 11.5. The molecule has 0 unspecified atom stereocenters. The molecule has 0 N–H and O–H groups in total. The van der Waals surface area contributed by atoms with Crippen molar-refractivity contribution in [2.45, 2.75) is 32.2 Å². The number of halogens is 1. The van der Waals surface area contributed by atoms with Crippen LogP contribution in [0.3, 0.4) is 0 Å². The van der Waals surface area contributed by atoms with Gasteiger partial charge in [-0.2, -0.15) is 0 Å². The molecule has 4 nitrogen and oxygen atoms in total. The fourth-order valence-corrected chi connectivity index (χ4v) is 2.29. The Bertz CT molecular complexity index is 397. The fraction of sp³-hybridized carbons (Fsp3) is 0.545. The lowest BCUT2D eigenvalue weighted by molar-refractivity contribution is -0.132. The molecular formula is C11H14ClN3O. The second-order valence-corrected chi connectivity index (χ2v) is 4.38. The zero-order valence-electron chi connectivity index (χ0n) is 9.19. The lowest BCUT2D eigenvalue weighted by Gasteiger charge is -2.34. The van der Waals surface area contributed by atoms with Crippen LogP contribution < -0.4 is 0 Å². The van der Waals surface area contributed by atoms with E-state index in [1.54, 1.807) is 13.1 Å². The van der Waals surface area contributed by atoms with Crippen LogP contribution in [-0.2, 0) is 4.79 Å². The van der Waals surface area contributed by atoms with E-state index in [-0.39, 0.29) is 11.9 Å². The summed E-state index contributed by atoms with van der Waals surface area (Å²) < 4.78 is 0. The summed E-state index contributed by atoms with van der Waals surface area (Å²) >= 11 is 5.81. The monoisotopic (exact) mass is 239 g/mol. The lowest BCUT2D eigenvalue weighted by Crippen LogP contribution is -2.37. The SMILES string of the molecule is CC(=O)N1CCCC[C@H]1c1cncc(Cl)n1. The first kappa shape index (κ1) is 11.3. The Balaban J connectivity index is 2.26. The number of piperidine rings is 1. The van der Waals surface area contributed by atoms with Crippen LogP contribution in [-0.4, -0.2) is 27.3 Å². The minimum atomic E-state index is 0.0393. The highest BCUT2D eigenvalue weighted by atomic mass is 35.5. The Labute approximate surface area is 99.6 Å². The van der Waals surface area contributed by atoms with E-state index in [0.29, 0.717) is 5.15 Å². The normalized spacial score (nSPS) is 20.9. The summed E-state index contributed by atoms with van der Waals surface area (Å²) in [4.78, 5) is 21.6. The first-order valence-electron chi connectivity index (χ1n) is 5.43. The van der Waals surface area contributed by atoms with E-state index in [2.05, 4.69) is 9.97 Å². The Morgan fingerprint density at radius 1 is 1.50 bits per heavy atom. The number of carbonyl (C=O) groups is 1. The summed E-state index contributed by atoms with van der Waals surface area (Å²) in [6.45, 7) is 2.39. The van der Waals surface area contributed by atoms with Gasteiger partial charge in [0.1, 0.15) is 5.15 Å². The molecule has 1 saturated heterocycles. The van der Waals surface area contributed by atoms with Gasteiger partial charge in [-0.05, 0) is 19.3 Å². The second kappa shape index (κ2) is 4.78. The maximum absolute atomic E-state index is 11.5. The summed E-state index contributed by atoms with van der Waals surface area (Å²) in [5.41, 5.74) is 0.794. The average molecular weight is 240 g/mol. The largest absolute Gasteiger partial charge is 0.334 e. The van der Waals surface area contributed by atoms with E-state index in [1.165, 1.54) is 6.20 Å². The number of aromatic nitrogens is 2. The van der Waals surface area contributed by atoms with Gasteiger partial charge in [0, 0.05) is 13.5 Å². The Morgan fingerprint density at radius 3 is 3.00 bits per heavy atom. The van der Waals surface area contributed by atoms with Crippen LogP contribution in [0, 0.1) is 0 Å². The minimum Gasteiger partial charge on any atom is -0.334 e. The van der Waals surface area contributed by atoms with Gasteiger partial charge < -0.3 is 4.90 Å². The molecule has 1 amide bonds. The highest BCUT2D eigenvalue weighted by molar-refractivity contribution is 6.29. The summed E-state index contributed by atoms with van der Waals surface area (Å²) in [7, 11) is 0. The van der Waals surface area contributed by atoms with E-state index in [0.717, 1.165) is 31.5 Å². The van der Waals surface area contributed by atoms with Crippen LogP contribution in [0.1, 0.15) is 37.9 Å². The predicted octanol–water partition coefficient (Wildman–Crippen LogP) is 2.20. The topological polar surface area (TPSA) is 46.1 Å². The van der Waals surface area contributed by atoms with Gasteiger partial charge in [-0.15, -0.1) is 0 Å². The van der Waals surface area contributed by atoms with Crippen LogP contribution in [0.15, 0.2) is 12.4 Å². The molecule has 1 fully saturated rings. The number of carbonyl (C=O) groups excluding carboxylic acids is 1. The Hall–Kier alpha value is -1.16. The van der Waals surface area contributed by atoms with Gasteiger partial charge in [-0.3, -0.25) is 9.78 Å². The molecule has 1 aromatic heterocycles. The first-order chi connectivity index (χ1) is 7.68. The second-order valence-electron chi connectivity index (χ2n) is 3.99. The molecule has 2 heterocycles.